The first-order valence-corrected chi connectivity index (χ1v) is 8.84. The summed E-state index contributed by atoms with van der Waals surface area (Å²) >= 11 is 0. The molecule has 26 heavy (non-hydrogen) atoms. The van der Waals surface area contributed by atoms with Crippen LogP contribution in [-0.4, -0.2) is 54.9 Å². The fourth-order valence-electron chi connectivity index (χ4n) is 3.17. The number of hydrogen-bond acceptors (Lipinski definition) is 3. The first-order chi connectivity index (χ1) is 12.6. The van der Waals surface area contributed by atoms with Gasteiger partial charge in [-0.25, -0.2) is 0 Å². The molecule has 3 rings (SSSR count). The molecule has 2 aromatic carbocycles. The second-order valence-corrected chi connectivity index (χ2v) is 6.51. The van der Waals surface area contributed by atoms with E-state index in [-0.39, 0.29) is 11.8 Å². The Hall–Kier alpha value is -2.82. The quantitative estimate of drug-likeness (QED) is 0.850. The van der Waals surface area contributed by atoms with Crippen LogP contribution in [0.15, 0.2) is 48.5 Å². The standard InChI is InChI=1S/C21H24N2O3/c1-16-5-3-4-6-19(16)21(25)23-13-11-22(12-14-23)20(24)15-17-7-9-18(26-2)10-8-17/h3-10H,11-15H2,1-2H3. The van der Waals surface area contributed by atoms with Crippen molar-refractivity contribution in [3.63, 3.8) is 0 Å². The Bertz CT molecular complexity index is 778. The maximum atomic E-state index is 12.7. The van der Waals surface area contributed by atoms with Crippen LogP contribution in [0.1, 0.15) is 21.5 Å². The summed E-state index contributed by atoms with van der Waals surface area (Å²) in [6, 6.07) is 15.2. The first kappa shape index (κ1) is 18.0. The molecule has 1 heterocycles. The normalized spacial score (nSPS) is 14.2. The topological polar surface area (TPSA) is 49.9 Å². The van der Waals surface area contributed by atoms with Crippen molar-refractivity contribution in [2.24, 2.45) is 0 Å². The molecule has 0 radical (unpaired) electrons. The zero-order chi connectivity index (χ0) is 18.5. The lowest BCUT2D eigenvalue weighted by Gasteiger charge is -2.35. The van der Waals surface area contributed by atoms with Crippen LogP contribution in [0.3, 0.4) is 0 Å². The van der Waals surface area contributed by atoms with Crippen LogP contribution < -0.4 is 4.74 Å². The molecule has 0 unspecified atom stereocenters. The molecule has 1 saturated heterocycles. The van der Waals surface area contributed by atoms with Gasteiger partial charge in [0.05, 0.1) is 13.5 Å². The van der Waals surface area contributed by atoms with Crippen LogP contribution in [0.25, 0.3) is 0 Å². The first-order valence-electron chi connectivity index (χ1n) is 8.84. The van der Waals surface area contributed by atoms with Gasteiger partial charge in [0.2, 0.25) is 5.91 Å². The third-order valence-electron chi connectivity index (χ3n) is 4.81. The van der Waals surface area contributed by atoms with Crippen molar-refractivity contribution in [3.8, 4) is 5.75 Å². The lowest BCUT2D eigenvalue weighted by molar-refractivity contribution is -0.131. The van der Waals surface area contributed by atoms with Crippen molar-refractivity contribution in [1.29, 1.82) is 0 Å². The monoisotopic (exact) mass is 352 g/mol. The van der Waals surface area contributed by atoms with E-state index in [2.05, 4.69) is 0 Å². The van der Waals surface area contributed by atoms with Gasteiger partial charge in [-0.05, 0) is 36.2 Å². The fraction of sp³-hybridized carbons (Fsp3) is 0.333. The predicted octanol–water partition coefficient (Wildman–Crippen LogP) is 2.53. The maximum Gasteiger partial charge on any atom is 0.254 e. The largest absolute Gasteiger partial charge is 0.497 e. The number of ether oxygens (including phenoxy) is 1. The van der Waals surface area contributed by atoms with Crippen molar-refractivity contribution in [2.75, 3.05) is 33.3 Å². The van der Waals surface area contributed by atoms with Gasteiger partial charge >= 0.3 is 0 Å². The Morgan fingerprint density at radius 3 is 2.15 bits per heavy atom. The molecule has 5 nitrogen and oxygen atoms in total. The number of benzene rings is 2. The number of carbonyl (C=O) groups excluding carboxylic acids is 2. The minimum absolute atomic E-state index is 0.0466. The molecule has 0 N–H and O–H groups in total. The summed E-state index contributed by atoms with van der Waals surface area (Å²) in [5.74, 6) is 0.924. The van der Waals surface area contributed by atoms with Gasteiger partial charge in [0.25, 0.3) is 5.91 Å². The number of carbonyl (C=O) groups is 2. The average molecular weight is 352 g/mol. The number of methoxy groups -OCH3 is 1. The molecular weight excluding hydrogens is 328 g/mol. The van der Waals surface area contributed by atoms with E-state index in [4.69, 9.17) is 4.74 Å². The third-order valence-corrected chi connectivity index (χ3v) is 4.81. The fourth-order valence-corrected chi connectivity index (χ4v) is 3.17. The van der Waals surface area contributed by atoms with Gasteiger partial charge < -0.3 is 14.5 Å². The zero-order valence-corrected chi connectivity index (χ0v) is 15.3. The van der Waals surface area contributed by atoms with Crippen LogP contribution >= 0.6 is 0 Å². The lowest BCUT2D eigenvalue weighted by Crippen LogP contribution is -2.51. The van der Waals surface area contributed by atoms with Gasteiger partial charge in [0, 0.05) is 31.7 Å². The summed E-state index contributed by atoms with van der Waals surface area (Å²) in [7, 11) is 1.62. The molecule has 0 aromatic heterocycles. The summed E-state index contributed by atoms with van der Waals surface area (Å²) in [6.07, 6.45) is 0.371. The molecule has 1 aliphatic rings. The van der Waals surface area contributed by atoms with Crippen LogP contribution in [0, 0.1) is 6.92 Å². The van der Waals surface area contributed by atoms with Crippen molar-refractivity contribution >= 4 is 11.8 Å². The summed E-state index contributed by atoms with van der Waals surface area (Å²) in [4.78, 5) is 28.8. The summed E-state index contributed by atoms with van der Waals surface area (Å²) in [6.45, 7) is 4.24. The van der Waals surface area contributed by atoms with Crippen molar-refractivity contribution in [1.82, 2.24) is 9.80 Å². The van der Waals surface area contributed by atoms with Gasteiger partial charge in [0.1, 0.15) is 5.75 Å². The predicted molar refractivity (Wildman–Crippen MR) is 100 cm³/mol. The Balaban J connectivity index is 1.55. The van der Waals surface area contributed by atoms with E-state index in [1.54, 1.807) is 7.11 Å². The summed E-state index contributed by atoms with van der Waals surface area (Å²) in [5.41, 5.74) is 2.69. The van der Waals surface area contributed by atoms with E-state index in [9.17, 15) is 9.59 Å². The molecule has 2 aromatic rings. The Morgan fingerprint density at radius 2 is 1.54 bits per heavy atom. The number of nitrogens with zero attached hydrogens (tertiary/aromatic N) is 2. The Morgan fingerprint density at radius 1 is 0.923 bits per heavy atom. The van der Waals surface area contributed by atoms with E-state index < -0.39 is 0 Å². The molecule has 1 aliphatic heterocycles. The average Bonchev–Trinajstić information content (AvgIpc) is 2.68. The zero-order valence-electron chi connectivity index (χ0n) is 15.3. The minimum Gasteiger partial charge on any atom is -0.497 e. The van der Waals surface area contributed by atoms with Gasteiger partial charge in [-0.2, -0.15) is 0 Å². The highest BCUT2D eigenvalue weighted by Crippen LogP contribution is 2.15. The van der Waals surface area contributed by atoms with Crippen molar-refractivity contribution < 1.29 is 14.3 Å². The Labute approximate surface area is 154 Å². The highest BCUT2D eigenvalue weighted by molar-refractivity contribution is 5.95. The minimum atomic E-state index is 0.0466. The number of rotatable bonds is 4. The lowest BCUT2D eigenvalue weighted by atomic mass is 10.1. The van der Waals surface area contributed by atoms with Crippen LogP contribution in [-0.2, 0) is 11.2 Å². The van der Waals surface area contributed by atoms with E-state index in [0.29, 0.717) is 32.6 Å². The number of aryl methyl sites for hydroxylation is 1. The highest BCUT2D eigenvalue weighted by Gasteiger charge is 2.25. The van der Waals surface area contributed by atoms with Crippen molar-refractivity contribution in [3.05, 3.63) is 65.2 Å². The van der Waals surface area contributed by atoms with Crippen molar-refractivity contribution in [2.45, 2.75) is 13.3 Å². The molecule has 5 heteroatoms. The second kappa shape index (κ2) is 8.04. The van der Waals surface area contributed by atoms with Gasteiger partial charge in [-0.3, -0.25) is 9.59 Å². The molecule has 1 fully saturated rings. The van der Waals surface area contributed by atoms with Gasteiger partial charge in [0.15, 0.2) is 0 Å². The smallest absolute Gasteiger partial charge is 0.254 e. The second-order valence-electron chi connectivity index (χ2n) is 6.51. The molecule has 0 atom stereocenters. The van der Waals surface area contributed by atoms with Crippen LogP contribution in [0.5, 0.6) is 5.75 Å². The molecule has 0 bridgehead atoms. The van der Waals surface area contributed by atoms with E-state index in [1.165, 1.54) is 0 Å². The van der Waals surface area contributed by atoms with Gasteiger partial charge in [-0.1, -0.05) is 30.3 Å². The summed E-state index contributed by atoms with van der Waals surface area (Å²) < 4.78 is 5.14. The molecule has 0 saturated carbocycles. The third kappa shape index (κ3) is 4.04. The SMILES string of the molecule is COc1ccc(CC(=O)N2CCN(C(=O)c3ccccc3C)CC2)cc1. The molecule has 0 spiro atoms. The number of hydrogen-bond donors (Lipinski definition) is 0. The highest BCUT2D eigenvalue weighted by atomic mass is 16.5. The molecular formula is C21H24N2O3. The molecule has 0 aliphatic carbocycles. The van der Waals surface area contributed by atoms with E-state index in [0.717, 1.165) is 22.4 Å². The van der Waals surface area contributed by atoms with Gasteiger partial charge in [-0.15, -0.1) is 0 Å². The summed E-state index contributed by atoms with van der Waals surface area (Å²) in [5, 5.41) is 0. The maximum absolute atomic E-state index is 12.7. The number of piperazine rings is 1. The number of amides is 2. The molecule has 136 valence electrons. The Kier molecular flexibility index (Phi) is 5.56. The molecule has 2 amide bonds. The van der Waals surface area contributed by atoms with E-state index >= 15 is 0 Å². The van der Waals surface area contributed by atoms with E-state index in [1.807, 2.05) is 65.3 Å². The van der Waals surface area contributed by atoms with Crippen LogP contribution in [0.4, 0.5) is 0 Å². The van der Waals surface area contributed by atoms with Crippen LogP contribution in [0.2, 0.25) is 0 Å².